The summed E-state index contributed by atoms with van der Waals surface area (Å²) in [5, 5.41) is 0.569. The number of nitrogens with zero attached hydrogens (tertiary/aromatic N) is 3. The number of fused-ring (bicyclic) bond motifs is 1. The highest BCUT2D eigenvalue weighted by molar-refractivity contribution is 7.15. The van der Waals surface area contributed by atoms with E-state index in [1.54, 1.807) is 23.2 Å². The molecular formula is C11H10N4OS. The van der Waals surface area contributed by atoms with Crippen molar-refractivity contribution in [3.05, 3.63) is 40.7 Å². The first-order valence-electron chi connectivity index (χ1n) is 5.18. The highest BCUT2D eigenvalue weighted by Crippen LogP contribution is 2.29. The molecule has 0 radical (unpaired) electrons. The first-order chi connectivity index (χ1) is 8.24. The maximum absolute atomic E-state index is 12.1. The van der Waals surface area contributed by atoms with E-state index in [2.05, 4.69) is 9.97 Å². The predicted octanol–water partition coefficient (Wildman–Crippen LogP) is 1.28. The van der Waals surface area contributed by atoms with Gasteiger partial charge in [-0.15, -0.1) is 11.3 Å². The molecule has 6 heteroatoms. The third-order valence-corrected chi connectivity index (χ3v) is 3.55. The van der Waals surface area contributed by atoms with Gasteiger partial charge in [-0.25, -0.2) is 4.98 Å². The number of carbonyl (C=O) groups excluding carboxylic acids is 1. The quantitative estimate of drug-likeness (QED) is 0.822. The second kappa shape index (κ2) is 3.81. The molecule has 0 bridgehead atoms. The summed E-state index contributed by atoms with van der Waals surface area (Å²) in [6, 6.07) is 5.32. The summed E-state index contributed by atoms with van der Waals surface area (Å²) in [7, 11) is 0. The summed E-state index contributed by atoms with van der Waals surface area (Å²) >= 11 is 1.45. The van der Waals surface area contributed by atoms with Crippen LogP contribution in [0.15, 0.2) is 24.4 Å². The molecule has 17 heavy (non-hydrogen) atoms. The van der Waals surface area contributed by atoms with Gasteiger partial charge < -0.3 is 10.6 Å². The Bertz CT molecular complexity index is 543. The van der Waals surface area contributed by atoms with Crippen molar-refractivity contribution in [3.8, 4) is 0 Å². The smallest absolute Gasteiger partial charge is 0.273 e. The number of pyridine rings is 1. The number of carbonyl (C=O) groups is 1. The monoisotopic (exact) mass is 246 g/mol. The number of hydrogen-bond acceptors (Lipinski definition) is 5. The fraction of sp³-hybridized carbons (Fsp3) is 0.182. The van der Waals surface area contributed by atoms with Crippen LogP contribution in [-0.4, -0.2) is 20.8 Å². The first kappa shape index (κ1) is 10.2. The zero-order chi connectivity index (χ0) is 11.8. The van der Waals surface area contributed by atoms with E-state index in [0.717, 1.165) is 10.6 Å². The van der Waals surface area contributed by atoms with E-state index in [1.165, 1.54) is 11.3 Å². The standard InChI is InChI=1S/C11H10N4OS/c12-11-14-8-5-15(6-9(8)17-11)10(16)7-3-1-2-4-13-7/h1-4H,5-6H2,(H2,12,14). The average Bonchev–Trinajstić information content (AvgIpc) is 2.86. The molecule has 1 aliphatic heterocycles. The molecule has 0 fully saturated rings. The van der Waals surface area contributed by atoms with Gasteiger partial charge in [-0.1, -0.05) is 6.07 Å². The van der Waals surface area contributed by atoms with Gasteiger partial charge in [0, 0.05) is 6.20 Å². The first-order valence-corrected chi connectivity index (χ1v) is 6.00. The molecule has 0 saturated carbocycles. The molecule has 5 nitrogen and oxygen atoms in total. The number of rotatable bonds is 1. The minimum atomic E-state index is -0.0608. The Morgan fingerprint density at radius 1 is 1.41 bits per heavy atom. The van der Waals surface area contributed by atoms with Crippen molar-refractivity contribution in [2.45, 2.75) is 13.1 Å². The van der Waals surface area contributed by atoms with Crippen LogP contribution < -0.4 is 5.73 Å². The average molecular weight is 246 g/mol. The number of nitrogens with two attached hydrogens (primary N) is 1. The zero-order valence-electron chi connectivity index (χ0n) is 8.96. The molecule has 0 aromatic carbocycles. The molecular weight excluding hydrogens is 236 g/mol. The summed E-state index contributed by atoms with van der Waals surface area (Å²) in [5.74, 6) is -0.0608. The largest absolute Gasteiger partial charge is 0.375 e. The molecule has 1 amide bonds. The van der Waals surface area contributed by atoms with Crippen molar-refractivity contribution in [2.75, 3.05) is 5.73 Å². The summed E-state index contributed by atoms with van der Waals surface area (Å²) in [4.78, 5) is 23.2. The van der Waals surface area contributed by atoms with Crippen LogP contribution >= 0.6 is 11.3 Å². The van der Waals surface area contributed by atoms with Crippen molar-refractivity contribution in [3.63, 3.8) is 0 Å². The lowest BCUT2D eigenvalue weighted by atomic mass is 10.3. The van der Waals surface area contributed by atoms with Crippen LogP contribution in [0.5, 0.6) is 0 Å². The van der Waals surface area contributed by atoms with Crippen molar-refractivity contribution in [1.29, 1.82) is 0 Å². The molecule has 2 aromatic heterocycles. The van der Waals surface area contributed by atoms with E-state index in [1.807, 2.05) is 6.07 Å². The highest BCUT2D eigenvalue weighted by atomic mass is 32.1. The van der Waals surface area contributed by atoms with E-state index in [-0.39, 0.29) is 5.91 Å². The van der Waals surface area contributed by atoms with Gasteiger partial charge in [-0.3, -0.25) is 9.78 Å². The van der Waals surface area contributed by atoms with E-state index in [0.29, 0.717) is 23.9 Å². The normalized spacial score (nSPS) is 13.8. The third kappa shape index (κ3) is 1.76. The van der Waals surface area contributed by atoms with Gasteiger partial charge in [0.2, 0.25) is 0 Å². The summed E-state index contributed by atoms with van der Waals surface area (Å²) < 4.78 is 0. The van der Waals surface area contributed by atoms with Gasteiger partial charge >= 0.3 is 0 Å². The molecule has 86 valence electrons. The third-order valence-electron chi connectivity index (χ3n) is 2.64. The molecule has 0 aliphatic carbocycles. The lowest BCUT2D eigenvalue weighted by Crippen LogP contribution is -2.26. The molecule has 2 aromatic rings. The molecule has 0 saturated heterocycles. The van der Waals surface area contributed by atoms with Crippen LogP contribution in [0.4, 0.5) is 5.13 Å². The number of aromatic nitrogens is 2. The van der Waals surface area contributed by atoms with Crippen LogP contribution in [0.3, 0.4) is 0 Å². The Kier molecular flexibility index (Phi) is 2.29. The Morgan fingerprint density at radius 3 is 3.00 bits per heavy atom. The van der Waals surface area contributed by atoms with Gasteiger partial charge in [0.1, 0.15) is 5.69 Å². The van der Waals surface area contributed by atoms with Gasteiger partial charge in [0.05, 0.1) is 23.7 Å². The minimum Gasteiger partial charge on any atom is -0.375 e. The van der Waals surface area contributed by atoms with Crippen LogP contribution in [-0.2, 0) is 13.1 Å². The Labute approximate surface area is 102 Å². The fourth-order valence-corrected chi connectivity index (χ4v) is 2.71. The second-order valence-electron chi connectivity index (χ2n) is 3.80. The van der Waals surface area contributed by atoms with Gasteiger partial charge in [-0.05, 0) is 12.1 Å². The van der Waals surface area contributed by atoms with Crippen molar-refractivity contribution in [1.82, 2.24) is 14.9 Å². The number of hydrogen-bond donors (Lipinski definition) is 1. The number of thiazole rings is 1. The molecule has 2 N–H and O–H groups in total. The topological polar surface area (TPSA) is 72.1 Å². The zero-order valence-corrected chi connectivity index (χ0v) is 9.78. The Balaban J connectivity index is 1.81. The predicted molar refractivity (Wildman–Crippen MR) is 64.3 cm³/mol. The van der Waals surface area contributed by atoms with Gasteiger partial charge in [-0.2, -0.15) is 0 Å². The summed E-state index contributed by atoms with van der Waals surface area (Å²) in [5.41, 5.74) is 7.00. The molecule has 0 unspecified atom stereocenters. The Hall–Kier alpha value is -1.95. The van der Waals surface area contributed by atoms with Crippen LogP contribution in [0.2, 0.25) is 0 Å². The SMILES string of the molecule is Nc1nc2c(s1)CN(C(=O)c1ccccn1)C2. The van der Waals surface area contributed by atoms with Crippen LogP contribution in [0.1, 0.15) is 21.1 Å². The van der Waals surface area contributed by atoms with E-state index in [9.17, 15) is 4.79 Å². The van der Waals surface area contributed by atoms with Crippen LogP contribution in [0, 0.1) is 0 Å². The minimum absolute atomic E-state index is 0.0608. The lowest BCUT2D eigenvalue weighted by Gasteiger charge is -2.14. The second-order valence-corrected chi connectivity index (χ2v) is 4.91. The van der Waals surface area contributed by atoms with E-state index >= 15 is 0 Å². The van der Waals surface area contributed by atoms with Crippen molar-refractivity contribution in [2.24, 2.45) is 0 Å². The number of anilines is 1. The summed E-state index contributed by atoms with van der Waals surface area (Å²) in [6.07, 6.45) is 1.62. The fourth-order valence-electron chi connectivity index (χ4n) is 1.86. The number of amides is 1. The van der Waals surface area contributed by atoms with Crippen LogP contribution in [0.25, 0.3) is 0 Å². The molecule has 0 spiro atoms. The maximum atomic E-state index is 12.1. The molecule has 1 aliphatic rings. The van der Waals surface area contributed by atoms with Gasteiger partial charge in [0.15, 0.2) is 5.13 Å². The van der Waals surface area contributed by atoms with E-state index in [4.69, 9.17) is 5.73 Å². The maximum Gasteiger partial charge on any atom is 0.273 e. The Morgan fingerprint density at radius 2 is 2.29 bits per heavy atom. The molecule has 3 rings (SSSR count). The van der Waals surface area contributed by atoms with Gasteiger partial charge in [0.25, 0.3) is 5.91 Å². The molecule has 0 atom stereocenters. The van der Waals surface area contributed by atoms with E-state index < -0.39 is 0 Å². The number of nitrogen functional groups attached to an aromatic ring is 1. The lowest BCUT2D eigenvalue weighted by molar-refractivity contribution is 0.0745. The molecule has 3 heterocycles. The summed E-state index contributed by atoms with van der Waals surface area (Å²) in [6.45, 7) is 1.11. The highest BCUT2D eigenvalue weighted by Gasteiger charge is 2.27. The van der Waals surface area contributed by atoms with Crippen molar-refractivity contribution >= 4 is 22.4 Å². The van der Waals surface area contributed by atoms with Crippen molar-refractivity contribution < 1.29 is 4.79 Å².